The van der Waals surface area contributed by atoms with E-state index >= 15 is 0 Å². The maximum atomic E-state index is 11.0. The monoisotopic (exact) mass is 287 g/mol. The summed E-state index contributed by atoms with van der Waals surface area (Å²) in [6, 6.07) is 0.959. The minimum Gasteiger partial charge on any atom is -0.481 e. The van der Waals surface area contributed by atoms with Gasteiger partial charge in [0.2, 0.25) is 0 Å². The van der Waals surface area contributed by atoms with Crippen LogP contribution in [0.25, 0.3) is 0 Å². The van der Waals surface area contributed by atoms with E-state index in [9.17, 15) is 4.79 Å². The first-order valence-corrected chi connectivity index (χ1v) is 8.05. The predicted octanol–water partition coefficient (Wildman–Crippen LogP) is 2.19. The van der Waals surface area contributed by atoms with Crippen LogP contribution in [0.4, 0.5) is 5.82 Å². The zero-order valence-electron chi connectivity index (χ0n) is 12.2. The van der Waals surface area contributed by atoms with Gasteiger partial charge in [-0.3, -0.25) is 4.79 Å². The number of anilines is 1. The van der Waals surface area contributed by atoms with Crippen LogP contribution in [0.3, 0.4) is 0 Å². The van der Waals surface area contributed by atoms with Gasteiger partial charge in [-0.1, -0.05) is 0 Å². The lowest BCUT2D eigenvalue weighted by Crippen LogP contribution is -2.44. The van der Waals surface area contributed by atoms with Crippen molar-refractivity contribution in [1.29, 1.82) is 0 Å². The molecule has 1 aromatic rings. The number of rotatable bonds is 3. The molecule has 1 N–H and O–H groups in total. The van der Waals surface area contributed by atoms with E-state index in [1.165, 1.54) is 30.5 Å². The lowest BCUT2D eigenvalue weighted by atomic mass is 9.88. The summed E-state index contributed by atoms with van der Waals surface area (Å²) in [5, 5.41) is 9.03. The number of hydrogen-bond donors (Lipinski definition) is 1. The number of fused-ring (bicyclic) bond motifs is 3. The summed E-state index contributed by atoms with van der Waals surface area (Å²) in [6.07, 6.45) is 9.76. The van der Waals surface area contributed by atoms with Crippen LogP contribution >= 0.6 is 0 Å². The van der Waals surface area contributed by atoms with E-state index < -0.39 is 5.97 Å². The maximum Gasteiger partial charge on any atom is 0.303 e. The Hall–Kier alpha value is -1.65. The zero-order valence-corrected chi connectivity index (χ0v) is 12.2. The van der Waals surface area contributed by atoms with Gasteiger partial charge in [0.1, 0.15) is 12.1 Å². The van der Waals surface area contributed by atoms with E-state index in [0.29, 0.717) is 24.4 Å². The van der Waals surface area contributed by atoms with Crippen molar-refractivity contribution in [2.45, 2.75) is 63.5 Å². The summed E-state index contributed by atoms with van der Waals surface area (Å²) < 4.78 is 0. The van der Waals surface area contributed by atoms with Crippen molar-refractivity contribution >= 4 is 11.8 Å². The number of carbonyl (C=O) groups is 1. The Morgan fingerprint density at radius 1 is 1.24 bits per heavy atom. The zero-order chi connectivity index (χ0) is 14.4. The van der Waals surface area contributed by atoms with Gasteiger partial charge in [-0.2, -0.15) is 0 Å². The molecule has 0 radical (unpaired) electrons. The van der Waals surface area contributed by atoms with Crippen LogP contribution in [0.2, 0.25) is 0 Å². The Labute approximate surface area is 124 Å². The molecule has 5 nitrogen and oxygen atoms in total. The van der Waals surface area contributed by atoms with E-state index in [1.807, 2.05) is 0 Å². The van der Waals surface area contributed by atoms with E-state index in [2.05, 4.69) is 14.9 Å². The number of nitrogens with zero attached hydrogens (tertiary/aromatic N) is 3. The van der Waals surface area contributed by atoms with Gasteiger partial charge in [0.25, 0.3) is 0 Å². The molecular formula is C16H21N3O2. The minimum atomic E-state index is -0.657. The summed E-state index contributed by atoms with van der Waals surface area (Å²) >= 11 is 0. The van der Waals surface area contributed by atoms with Crippen LogP contribution in [0.15, 0.2) is 6.33 Å². The van der Waals surface area contributed by atoms with Gasteiger partial charge < -0.3 is 10.0 Å². The molecule has 5 heteroatoms. The summed E-state index contributed by atoms with van der Waals surface area (Å²) in [5.41, 5.74) is 2.58. The van der Waals surface area contributed by atoms with E-state index in [-0.39, 0.29) is 0 Å². The SMILES string of the molecule is O=C(O)CC1CC2CCC(C1)N2c1ncnc2c1CCC2. The first-order chi connectivity index (χ1) is 10.2. The fraction of sp³-hybridized carbons (Fsp3) is 0.688. The van der Waals surface area contributed by atoms with Crippen LogP contribution in [0.1, 0.15) is 49.8 Å². The van der Waals surface area contributed by atoms with Gasteiger partial charge in [0, 0.05) is 29.8 Å². The molecule has 1 aliphatic carbocycles. The van der Waals surface area contributed by atoms with E-state index in [4.69, 9.17) is 5.11 Å². The highest BCUT2D eigenvalue weighted by molar-refractivity contribution is 5.67. The summed E-state index contributed by atoms with van der Waals surface area (Å²) in [6.45, 7) is 0. The van der Waals surface area contributed by atoms with Crippen LogP contribution in [-0.4, -0.2) is 33.1 Å². The average molecular weight is 287 g/mol. The normalized spacial score (nSPS) is 30.5. The molecule has 2 aliphatic heterocycles. The molecule has 0 amide bonds. The average Bonchev–Trinajstić information content (AvgIpc) is 3.01. The van der Waals surface area contributed by atoms with Crippen LogP contribution in [0, 0.1) is 5.92 Å². The lowest BCUT2D eigenvalue weighted by Gasteiger charge is -2.40. The molecule has 2 unspecified atom stereocenters. The second kappa shape index (κ2) is 4.97. The Bertz CT molecular complexity index is 561. The summed E-state index contributed by atoms with van der Waals surface area (Å²) in [7, 11) is 0. The molecule has 2 saturated heterocycles. The summed E-state index contributed by atoms with van der Waals surface area (Å²) in [5.74, 6) is 0.834. The molecule has 0 saturated carbocycles. The van der Waals surface area contributed by atoms with E-state index in [0.717, 1.165) is 31.5 Å². The third-order valence-electron chi connectivity index (χ3n) is 5.39. The molecule has 0 spiro atoms. The second-order valence-corrected chi connectivity index (χ2v) is 6.70. The number of hydrogen-bond acceptors (Lipinski definition) is 4. The Kier molecular flexibility index (Phi) is 3.08. The van der Waals surface area contributed by atoms with E-state index in [1.54, 1.807) is 6.33 Å². The minimum absolute atomic E-state index is 0.322. The molecule has 2 atom stereocenters. The van der Waals surface area contributed by atoms with Crippen molar-refractivity contribution in [1.82, 2.24) is 9.97 Å². The number of piperidine rings is 1. The van der Waals surface area contributed by atoms with Gasteiger partial charge in [0.15, 0.2) is 0 Å². The lowest BCUT2D eigenvalue weighted by molar-refractivity contribution is -0.138. The molecule has 3 heterocycles. The second-order valence-electron chi connectivity index (χ2n) is 6.70. The Balaban J connectivity index is 1.61. The van der Waals surface area contributed by atoms with Crippen molar-refractivity contribution < 1.29 is 9.90 Å². The fourth-order valence-electron chi connectivity index (χ4n) is 4.61. The van der Waals surface area contributed by atoms with Crippen molar-refractivity contribution in [3.63, 3.8) is 0 Å². The van der Waals surface area contributed by atoms with Crippen LogP contribution in [0.5, 0.6) is 0 Å². The highest BCUT2D eigenvalue weighted by Crippen LogP contribution is 2.44. The smallest absolute Gasteiger partial charge is 0.303 e. The molecule has 2 bridgehead atoms. The van der Waals surface area contributed by atoms with Gasteiger partial charge >= 0.3 is 5.97 Å². The summed E-state index contributed by atoms with van der Waals surface area (Å²) in [4.78, 5) is 22.5. The maximum absolute atomic E-state index is 11.0. The standard InChI is InChI=1S/C16H21N3O2/c20-15(21)8-10-6-11-4-5-12(7-10)19(11)16-13-2-1-3-14(13)17-9-18-16/h9-12H,1-8H2,(H,20,21). The highest BCUT2D eigenvalue weighted by Gasteiger charge is 2.43. The number of aryl methyl sites for hydroxylation is 1. The quantitative estimate of drug-likeness (QED) is 0.923. The first-order valence-electron chi connectivity index (χ1n) is 8.05. The number of aliphatic carboxylic acids is 1. The topological polar surface area (TPSA) is 66.3 Å². The molecule has 1 aromatic heterocycles. The Morgan fingerprint density at radius 3 is 2.71 bits per heavy atom. The van der Waals surface area contributed by atoms with Crippen LogP contribution < -0.4 is 4.90 Å². The molecular weight excluding hydrogens is 266 g/mol. The number of aromatic nitrogens is 2. The third kappa shape index (κ3) is 2.19. The molecule has 3 aliphatic rings. The van der Waals surface area contributed by atoms with Gasteiger partial charge in [-0.15, -0.1) is 0 Å². The van der Waals surface area contributed by atoms with Gasteiger partial charge in [0.05, 0.1) is 0 Å². The molecule has 2 fully saturated rings. The molecule has 0 aromatic carbocycles. The first kappa shape index (κ1) is 13.0. The molecule has 4 rings (SSSR count). The molecule has 112 valence electrons. The fourth-order valence-corrected chi connectivity index (χ4v) is 4.61. The van der Waals surface area contributed by atoms with Crippen molar-refractivity contribution in [2.75, 3.05) is 4.90 Å². The van der Waals surface area contributed by atoms with Gasteiger partial charge in [-0.05, 0) is 50.9 Å². The van der Waals surface area contributed by atoms with Crippen molar-refractivity contribution in [2.24, 2.45) is 5.92 Å². The number of carboxylic acid groups (broad SMARTS) is 1. The van der Waals surface area contributed by atoms with Crippen LogP contribution in [-0.2, 0) is 17.6 Å². The largest absolute Gasteiger partial charge is 0.481 e. The van der Waals surface area contributed by atoms with Crippen molar-refractivity contribution in [3.05, 3.63) is 17.6 Å². The third-order valence-corrected chi connectivity index (χ3v) is 5.39. The van der Waals surface area contributed by atoms with Crippen molar-refractivity contribution in [3.8, 4) is 0 Å². The predicted molar refractivity (Wildman–Crippen MR) is 78.3 cm³/mol. The molecule has 21 heavy (non-hydrogen) atoms. The number of carboxylic acids is 1. The Morgan fingerprint density at radius 2 is 2.00 bits per heavy atom. The van der Waals surface area contributed by atoms with Gasteiger partial charge in [-0.25, -0.2) is 9.97 Å². The highest BCUT2D eigenvalue weighted by atomic mass is 16.4.